The minimum atomic E-state index is -4.02. The van der Waals surface area contributed by atoms with E-state index in [9.17, 15) is 23.4 Å². The highest BCUT2D eigenvalue weighted by atomic mass is 32.2. The van der Waals surface area contributed by atoms with E-state index in [4.69, 9.17) is 15.0 Å². The van der Waals surface area contributed by atoms with Gasteiger partial charge < -0.3 is 20.7 Å². The van der Waals surface area contributed by atoms with Crippen LogP contribution in [0.1, 0.15) is 17.6 Å². The van der Waals surface area contributed by atoms with Crippen LogP contribution in [0.3, 0.4) is 0 Å². The first kappa shape index (κ1) is 21.4. The molecule has 2 aliphatic heterocycles. The standard InChI is InChI=1S/C11H13N5O4.C7H8O3S/c1-15-4-2-3-6(17)7(18)10(20-3)16(4)8-5(15)9(19)14-11(12)13-8;1-6-2-4-7(5-3-6)11(8,9)10/h3,6-7,10,17-18H,2H2,1H3,(H2-,12,13,14,19);2-5H,1H3,(H,8,9,10)/p+1. The van der Waals surface area contributed by atoms with Crippen LogP contribution in [-0.2, 0) is 28.3 Å². The second-order valence-corrected chi connectivity index (χ2v) is 8.93. The molecule has 0 saturated carbocycles. The second-order valence-electron chi connectivity index (χ2n) is 7.51. The van der Waals surface area contributed by atoms with Gasteiger partial charge in [-0.3, -0.25) is 18.9 Å². The molecule has 4 unspecified atom stereocenters. The number of imidazole rings is 1. The van der Waals surface area contributed by atoms with E-state index in [1.165, 1.54) is 12.1 Å². The van der Waals surface area contributed by atoms with Crippen LogP contribution in [0.15, 0.2) is 34.0 Å². The van der Waals surface area contributed by atoms with Crippen molar-refractivity contribution in [3.63, 3.8) is 0 Å². The molecule has 166 valence electrons. The Labute approximate surface area is 176 Å². The van der Waals surface area contributed by atoms with Crippen molar-refractivity contribution < 1.29 is 32.5 Å². The minimum Gasteiger partial charge on any atom is -0.387 e. The number of aryl methyl sites for hydroxylation is 2. The molecule has 1 saturated heterocycles. The van der Waals surface area contributed by atoms with E-state index in [1.807, 2.05) is 6.92 Å². The Balaban J connectivity index is 0.000000180. The summed E-state index contributed by atoms with van der Waals surface area (Å²) in [5.74, 6) is 0.763. The number of aliphatic hydroxyl groups is 2. The number of H-pyrrole nitrogens is 1. The molecule has 3 aromatic rings. The molecule has 1 fully saturated rings. The van der Waals surface area contributed by atoms with Crippen molar-refractivity contribution >= 4 is 27.2 Å². The van der Waals surface area contributed by atoms with Crippen LogP contribution in [0.25, 0.3) is 11.2 Å². The highest BCUT2D eigenvalue weighted by Crippen LogP contribution is 2.33. The molecular formula is C18H22N5O7S+. The molecule has 12 nitrogen and oxygen atoms in total. The molecule has 2 aromatic heterocycles. The summed E-state index contributed by atoms with van der Waals surface area (Å²) in [6, 6.07) is 5.99. The number of nitrogen functional groups attached to an aromatic ring is 1. The summed E-state index contributed by atoms with van der Waals surface area (Å²) < 4.78 is 38.5. The maximum absolute atomic E-state index is 12.0. The zero-order valence-corrected chi connectivity index (χ0v) is 17.4. The van der Waals surface area contributed by atoms with Gasteiger partial charge in [0.1, 0.15) is 18.3 Å². The average Bonchev–Trinajstić information content (AvgIpc) is 3.09. The molecule has 2 aliphatic rings. The Morgan fingerprint density at radius 3 is 2.52 bits per heavy atom. The summed E-state index contributed by atoms with van der Waals surface area (Å²) in [5.41, 5.74) is 6.91. The van der Waals surface area contributed by atoms with Crippen LogP contribution < -0.4 is 15.9 Å². The highest BCUT2D eigenvalue weighted by molar-refractivity contribution is 7.85. The number of hydrogen-bond donors (Lipinski definition) is 5. The maximum Gasteiger partial charge on any atom is 0.314 e. The number of aliphatic hydroxyl groups excluding tert-OH is 2. The third kappa shape index (κ3) is 3.59. The second kappa shape index (κ2) is 7.39. The monoisotopic (exact) mass is 452 g/mol. The van der Waals surface area contributed by atoms with Crippen molar-refractivity contribution in [3.8, 4) is 0 Å². The van der Waals surface area contributed by atoms with Gasteiger partial charge in [0.15, 0.2) is 0 Å². The van der Waals surface area contributed by atoms with Crippen LogP contribution in [-0.4, -0.2) is 56.0 Å². The van der Waals surface area contributed by atoms with Gasteiger partial charge in [-0.2, -0.15) is 13.0 Å². The number of benzene rings is 1. The number of hydrogen-bond acceptors (Lipinski definition) is 8. The van der Waals surface area contributed by atoms with E-state index in [-0.39, 0.29) is 16.4 Å². The number of ether oxygens (including phenoxy) is 1. The lowest BCUT2D eigenvalue weighted by molar-refractivity contribution is -0.759. The van der Waals surface area contributed by atoms with Gasteiger partial charge in [0.2, 0.25) is 17.6 Å². The van der Waals surface area contributed by atoms with Crippen molar-refractivity contribution in [1.82, 2.24) is 14.5 Å². The topological polar surface area (TPSA) is 185 Å². The number of fused-ring (bicyclic) bond motifs is 6. The largest absolute Gasteiger partial charge is 0.387 e. The molecule has 31 heavy (non-hydrogen) atoms. The fraction of sp³-hybridized carbons (Fsp3) is 0.389. The number of rotatable bonds is 1. The molecule has 0 aliphatic carbocycles. The number of aromatic nitrogens is 4. The van der Waals surface area contributed by atoms with Gasteiger partial charge in [0, 0.05) is 0 Å². The van der Waals surface area contributed by atoms with E-state index < -0.39 is 34.7 Å². The Bertz CT molecular complexity index is 1320. The zero-order chi connectivity index (χ0) is 22.7. The van der Waals surface area contributed by atoms with Crippen LogP contribution in [0.2, 0.25) is 0 Å². The van der Waals surface area contributed by atoms with Gasteiger partial charge in [-0.15, -0.1) is 0 Å². The van der Waals surface area contributed by atoms with Crippen molar-refractivity contribution in [2.45, 2.75) is 42.8 Å². The molecule has 13 heteroatoms. The number of nitrogens with two attached hydrogens (primary N) is 1. The Hall–Kier alpha value is -2.84. The number of nitrogens with zero attached hydrogens (tertiary/aromatic N) is 3. The van der Waals surface area contributed by atoms with Crippen molar-refractivity contribution in [1.29, 1.82) is 0 Å². The number of anilines is 1. The third-order valence-corrected chi connectivity index (χ3v) is 6.29. The lowest BCUT2D eigenvalue weighted by atomic mass is 10.1. The molecule has 0 radical (unpaired) electrons. The maximum atomic E-state index is 12.0. The summed E-state index contributed by atoms with van der Waals surface area (Å²) in [5, 5.41) is 20.0. The summed E-state index contributed by atoms with van der Waals surface area (Å²) in [6.45, 7) is 1.84. The normalized spacial score (nSPS) is 24.5. The number of aromatic amines is 1. The van der Waals surface area contributed by atoms with Crippen molar-refractivity contribution in [2.75, 3.05) is 5.73 Å². The summed E-state index contributed by atoms with van der Waals surface area (Å²) in [7, 11) is -2.28. The van der Waals surface area contributed by atoms with Gasteiger partial charge in [-0.1, -0.05) is 22.7 Å². The fourth-order valence-electron chi connectivity index (χ4n) is 3.86. The SMILES string of the molecule is Cc1ccc(S(=O)(=O)O)cc1.Cn1c2[n+](c3nc(N)[nH]c(=O)c31)C1OC(C2)C(O)C1O. The first-order chi connectivity index (χ1) is 14.5. The predicted molar refractivity (Wildman–Crippen MR) is 107 cm³/mol. The third-order valence-electron chi connectivity index (χ3n) is 5.42. The lowest BCUT2D eigenvalue weighted by Gasteiger charge is -2.19. The van der Waals surface area contributed by atoms with Gasteiger partial charge in [0.05, 0.1) is 18.4 Å². The quantitative estimate of drug-likeness (QED) is 0.218. The van der Waals surface area contributed by atoms with Gasteiger partial charge in [-0.25, -0.2) is 0 Å². The average molecular weight is 452 g/mol. The Morgan fingerprint density at radius 2 is 1.90 bits per heavy atom. The van der Waals surface area contributed by atoms with E-state index in [1.54, 1.807) is 28.3 Å². The number of nitrogens with one attached hydrogen (secondary N) is 1. The molecule has 2 bridgehead atoms. The first-order valence-electron chi connectivity index (χ1n) is 9.33. The van der Waals surface area contributed by atoms with Crippen LogP contribution in [0.5, 0.6) is 0 Å². The van der Waals surface area contributed by atoms with Gasteiger partial charge >= 0.3 is 5.65 Å². The van der Waals surface area contributed by atoms with Crippen LogP contribution in [0.4, 0.5) is 5.95 Å². The molecule has 1 aromatic carbocycles. The van der Waals surface area contributed by atoms with E-state index >= 15 is 0 Å². The summed E-state index contributed by atoms with van der Waals surface area (Å²) in [6.07, 6.45) is -2.85. The smallest absolute Gasteiger partial charge is 0.314 e. The minimum absolute atomic E-state index is 0.00133. The molecule has 0 spiro atoms. The van der Waals surface area contributed by atoms with E-state index in [0.29, 0.717) is 17.6 Å². The van der Waals surface area contributed by atoms with Crippen LogP contribution >= 0.6 is 0 Å². The predicted octanol–water partition coefficient (Wildman–Crippen LogP) is -1.45. The van der Waals surface area contributed by atoms with Crippen molar-refractivity contribution in [2.24, 2.45) is 7.05 Å². The lowest BCUT2D eigenvalue weighted by Crippen LogP contribution is -2.50. The molecule has 5 rings (SSSR count). The van der Waals surface area contributed by atoms with Gasteiger partial charge in [-0.05, 0) is 19.1 Å². The molecule has 4 atom stereocenters. The zero-order valence-electron chi connectivity index (χ0n) is 16.6. The summed E-state index contributed by atoms with van der Waals surface area (Å²) >= 11 is 0. The first-order valence-corrected chi connectivity index (χ1v) is 10.8. The molecule has 0 amide bonds. The van der Waals surface area contributed by atoms with E-state index in [2.05, 4.69) is 9.97 Å². The molecule has 6 N–H and O–H groups in total. The highest BCUT2D eigenvalue weighted by Gasteiger charge is 2.53. The van der Waals surface area contributed by atoms with Crippen LogP contribution in [0, 0.1) is 6.92 Å². The molecular weight excluding hydrogens is 430 g/mol. The van der Waals surface area contributed by atoms with Gasteiger partial charge in [0.25, 0.3) is 21.6 Å². The fourth-order valence-corrected chi connectivity index (χ4v) is 4.34. The summed E-state index contributed by atoms with van der Waals surface area (Å²) in [4.78, 5) is 18.6. The van der Waals surface area contributed by atoms with E-state index in [0.717, 1.165) is 11.4 Å². The Kier molecular flexibility index (Phi) is 5.10. The molecule has 4 heterocycles. The Morgan fingerprint density at radius 1 is 1.26 bits per heavy atom. The van der Waals surface area contributed by atoms with Crippen molar-refractivity contribution in [3.05, 3.63) is 46.0 Å².